The first-order valence-corrected chi connectivity index (χ1v) is 6.65. The van der Waals surface area contributed by atoms with Gasteiger partial charge in [-0.25, -0.2) is 0 Å². The smallest absolute Gasteiger partial charge is 0.0367 e. The van der Waals surface area contributed by atoms with Gasteiger partial charge >= 0.3 is 0 Å². The number of nitrogens with zero attached hydrogens (tertiary/aromatic N) is 2. The summed E-state index contributed by atoms with van der Waals surface area (Å²) < 4.78 is 0. The van der Waals surface area contributed by atoms with Crippen molar-refractivity contribution in [1.82, 2.24) is 4.90 Å². The van der Waals surface area contributed by atoms with Crippen molar-refractivity contribution in [3.8, 4) is 0 Å². The molecule has 1 aromatic carbocycles. The van der Waals surface area contributed by atoms with Gasteiger partial charge in [0.15, 0.2) is 0 Å². The highest BCUT2D eigenvalue weighted by molar-refractivity contribution is 5.48. The van der Waals surface area contributed by atoms with Crippen molar-refractivity contribution in [2.45, 2.75) is 39.8 Å². The number of rotatable bonds is 2. The van der Waals surface area contributed by atoms with Gasteiger partial charge in [0.2, 0.25) is 0 Å². The lowest BCUT2D eigenvalue weighted by atomic mass is 10.1. The van der Waals surface area contributed by atoms with E-state index in [1.165, 1.54) is 17.8 Å². The van der Waals surface area contributed by atoms with Gasteiger partial charge in [0.05, 0.1) is 0 Å². The average molecular weight is 232 g/mol. The van der Waals surface area contributed by atoms with Crippen LogP contribution in [0.5, 0.6) is 0 Å². The molecule has 0 bridgehead atoms. The predicted molar refractivity (Wildman–Crippen MR) is 74.7 cm³/mol. The molecule has 1 heterocycles. The zero-order valence-electron chi connectivity index (χ0n) is 11.5. The van der Waals surface area contributed by atoms with E-state index < -0.39 is 0 Å². The van der Waals surface area contributed by atoms with Gasteiger partial charge in [-0.1, -0.05) is 17.7 Å². The monoisotopic (exact) mass is 232 g/mol. The number of benzene rings is 1. The molecule has 17 heavy (non-hydrogen) atoms. The Labute approximate surface area is 105 Å². The first-order valence-electron chi connectivity index (χ1n) is 6.65. The normalized spacial score (nSPS) is 22.2. The van der Waals surface area contributed by atoms with Gasteiger partial charge in [-0.3, -0.25) is 4.90 Å². The van der Waals surface area contributed by atoms with Gasteiger partial charge in [-0.15, -0.1) is 0 Å². The Morgan fingerprint density at radius 3 is 2.29 bits per heavy atom. The molecule has 0 spiro atoms. The van der Waals surface area contributed by atoms with Crippen LogP contribution in [-0.4, -0.2) is 36.6 Å². The Kier molecular flexibility index (Phi) is 3.72. The Hall–Kier alpha value is -1.02. The maximum atomic E-state index is 2.59. The molecule has 0 aromatic heterocycles. The largest absolute Gasteiger partial charge is 0.369 e. The van der Waals surface area contributed by atoms with E-state index in [2.05, 4.69) is 61.8 Å². The van der Waals surface area contributed by atoms with Crippen LogP contribution in [0.4, 0.5) is 5.69 Å². The molecule has 1 atom stereocenters. The summed E-state index contributed by atoms with van der Waals surface area (Å²) in [6.45, 7) is 12.5. The average Bonchev–Trinajstić information content (AvgIpc) is 2.29. The van der Waals surface area contributed by atoms with Gasteiger partial charge in [0.1, 0.15) is 0 Å². The number of anilines is 1. The molecule has 1 aliphatic rings. The number of hydrogen-bond acceptors (Lipinski definition) is 2. The minimum Gasteiger partial charge on any atom is -0.369 e. The van der Waals surface area contributed by atoms with Crippen molar-refractivity contribution in [3.63, 3.8) is 0 Å². The van der Waals surface area contributed by atoms with E-state index in [0.717, 1.165) is 13.1 Å². The fourth-order valence-corrected chi connectivity index (χ4v) is 2.73. The number of piperazine rings is 1. The fourth-order valence-electron chi connectivity index (χ4n) is 2.73. The van der Waals surface area contributed by atoms with E-state index in [-0.39, 0.29) is 0 Å². The number of aryl methyl sites for hydroxylation is 1. The van der Waals surface area contributed by atoms with Crippen LogP contribution in [0, 0.1) is 6.92 Å². The third-order valence-electron chi connectivity index (χ3n) is 3.74. The molecule has 2 heteroatoms. The molecular formula is C15H24N2. The van der Waals surface area contributed by atoms with Crippen molar-refractivity contribution in [3.05, 3.63) is 29.8 Å². The van der Waals surface area contributed by atoms with Crippen molar-refractivity contribution >= 4 is 5.69 Å². The predicted octanol–water partition coefficient (Wildman–Crippen LogP) is 2.91. The summed E-state index contributed by atoms with van der Waals surface area (Å²) in [7, 11) is 0. The van der Waals surface area contributed by atoms with E-state index in [0.29, 0.717) is 12.1 Å². The lowest BCUT2D eigenvalue weighted by Crippen LogP contribution is -2.54. The molecule has 1 fully saturated rings. The second kappa shape index (κ2) is 5.09. The summed E-state index contributed by atoms with van der Waals surface area (Å²) in [6.07, 6.45) is 0. The molecule has 94 valence electrons. The third-order valence-corrected chi connectivity index (χ3v) is 3.74. The second-order valence-electron chi connectivity index (χ2n) is 5.46. The molecule has 1 aliphatic heterocycles. The first kappa shape index (κ1) is 12.4. The van der Waals surface area contributed by atoms with Gasteiger partial charge < -0.3 is 4.90 Å². The highest BCUT2D eigenvalue weighted by atomic mass is 15.3. The van der Waals surface area contributed by atoms with Gasteiger partial charge in [-0.05, 0) is 39.8 Å². The summed E-state index contributed by atoms with van der Waals surface area (Å²) in [5.41, 5.74) is 2.70. The fraction of sp³-hybridized carbons (Fsp3) is 0.600. The van der Waals surface area contributed by atoms with Gasteiger partial charge in [0, 0.05) is 37.4 Å². The first-order chi connectivity index (χ1) is 8.08. The van der Waals surface area contributed by atoms with Crippen molar-refractivity contribution in [2.75, 3.05) is 24.5 Å². The summed E-state index contributed by atoms with van der Waals surface area (Å²) in [6, 6.07) is 10.2. The highest BCUT2D eigenvalue weighted by Gasteiger charge is 2.25. The SMILES string of the molecule is Cc1ccc(N2CCN(C(C)C)C(C)C2)cc1. The quantitative estimate of drug-likeness (QED) is 0.773. The van der Waals surface area contributed by atoms with E-state index in [1.807, 2.05) is 0 Å². The maximum absolute atomic E-state index is 2.59. The molecule has 0 N–H and O–H groups in total. The Balaban J connectivity index is 2.04. The summed E-state index contributed by atoms with van der Waals surface area (Å²) in [4.78, 5) is 5.09. The lowest BCUT2D eigenvalue weighted by Gasteiger charge is -2.43. The van der Waals surface area contributed by atoms with E-state index >= 15 is 0 Å². The van der Waals surface area contributed by atoms with Gasteiger partial charge in [-0.2, -0.15) is 0 Å². The summed E-state index contributed by atoms with van der Waals surface area (Å²) >= 11 is 0. The summed E-state index contributed by atoms with van der Waals surface area (Å²) in [5, 5.41) is 0. The van der Waals surface area contributed by atoms with Crippen LogP contribution in [0.2, 0.25) is 0 Å². The van der Waals surface area contributed by atoms with Crippen molar-refractivity contribution < 1.29 is 0 Å². The van der Waals surface area contributed by atoms with Gasteiger partial charge in [0.25, 0.3) is 0 Å². The molecule has 0 amide bonds. The topological polar surface area (TPSA) is 6.48 Å². The molecule has 1 unspecified atom stereocenters. The Morgan fingerprint density at radius 1 is 1.12 bits per heavy atom. The molecule has 1 saturated heterocycles. The second-order valence-corrected chi connectivity index (χ2v) is 5.46. The van der Waals surface area contributed by atoms with Crippen molar-refractivity contribution in [2.24, 2.45) is 0 Å². The molecule has 1 aromatic rings. The van der Waals surface area contributed by atoms with Crippen LogP contribution < -0.4 is 4.90 Å². The van der Waals surface area contributed by atoms with Crippen LogP contribution in [0.1, 0.15) is 26.3 Å². The maximum Gasteiger partial charge on any atom is 0.0367 e. The van der Waals surface area contributed by atoms with Crippen molar-refractivity contribution in [1.29, 1.82) is 0 Å². The number of hydrogen-bond donors (Lipinski definition) is 0. The molecule has 0 radical (unpaired) electrons. The molecule has 0 aliphatic carbocycles. The lowest BCUT2D eigenvalue weighted by molar-refractivity contribution is 0.148. The zero-order valence-corrected chi connectivity index (χ0v) is 11.5. The molecule has 2 rings (SSSR count). The molecule has 0 saturated carbocycles. The van der Waals surface area contributed by atoms with E-state index in [9.17, 15) is 0 Å². The van der Waals surface area contributed by atoms with E-state index in [1.54, 1.807) is 0 Å². The van der Waals surface area contributed by atoms with Crippen LogP contribution in [0.15, 0.2) is 24.3 Å². The highest BCUT2D eigenvalue weighted by Crippen LogP contribution is 2.20. The minimum atomic E-state index is 0.644. The Morgan fingerprint density at radius 2 is 1.76 bits per heavy atom. The molecular weight excluding hydrogens is 208 g/mol. The Bertz CT molecular complexity index is 356. The minimum absolute atomic E-state index is 0.644. The van der Waals surface area contributed by atoms with Crippen LogP contribution >= 0.6 is 0 Å². The van der Waals surface area contributed by atoms with Crippen LogP contribution in [-0.2, 0) is 0 Å². The van der Waals surface area contributed by atoms with E-state index in [4.69, 9.17) is 0 Å². The zero-order chi connectivity index (χ0) is 12.4. The standard InChI is InChI=1S/C15H24N2/c1-12(2)17-10-9-16(11-14(17)4)15-7-5-13(3)6-8-15/h5-8,12,14H,9-11H2,1-4H3. The van der Waals surface area contributed by atoms with Crippen LogP contribution in [0.25, 0.3) is 0 Å². The summed E-state index contributed by atoms with van der Waals surface area (Å²) in [5.74, 6) is 0. The third kappa shape index (κ3) is 2.81. The van der Waals surface area contributed by atoms with Crippen LogP contribution in [0.3, 0.4) is 0 Å². The molecule has 2 nitrogen and oxygen atoms in total.